The van der Waals surface area contributed by atoms with E-state index in [4.69, 9.17) is 19.4 Å². The monoisotopic (exact) mass is 517 g/mol. The second-order valence-corrected chi connectivity index (χ2v) is 10.0. The zero-order chi connectivity index (χ0) is 27.0. The summed E-state index contributed by atoms with van der Waals surface area (Å²) in [7, 11) is 9.35. The van der Waals surface area contributed by atoms with Crippen LogP contribution in [0.15, 0.2) is 30.5 Å². The number of piperidine rings is 1. The Morgan fingerprint density at radius 1 is 1.18 bits per heavy atom. The number of methoxy groups -OCH3 is 1. The predicted molar refractivity (Wildman–Crippen MR) is 149 cm³/mol. The molecule has 0 radical (unpaired) electrons. The first-order valence-corrected chi connectivity index (χ1v) is 12.8. The van der Waals surface area contributed by atoms with Gasteiger partial charge in [-0.15, -0.1) is 0 Å². The number of hydrogen-bond donors (Lipinski definition) is 1. The SMILES string of the molecule is CNC(=O)c1nc(-c2cc3cn(C)nc3c(C)c2OCOC)nc2ccc(N3CCC(N(C)C)CC3)cc12. The van der Waals surface area contributed by atoms with Crippen LogP contribution >= 0.6 is 0 Å². The zero-order valence-electron chi connectivity index (χ0n) is 22.9. The van der Waals surface area contributed by atoms with Crippen LogP contribution in [0.25, 0.3) is 33.2 Å². The molecular weight excluding hydrogens is 482 g/mol. The van der Waals surface area contributed by atoms with Gasteiger partial charge in [0.05, 0.1) is 16.6 Å². The van der Waals surface area contributed by atoms with Crippen molar-refractivity contribution in [2.75, 3.05) is 53.0 Å². The number of rotatable bonds is 7. The Bertz CT molecular complexity index is 1490. The van der Waals surface area contributed by atoms with Gasteiger partial charge in [-0.1, -0.05) is 0 Å². The van der Waals surface area contributed by atoms with Crippen molar-refractivity contribution in [3.8, 4) is 17.1 Å². The summed E-state index contributed by atoms with van der Waals surface area (Å²) in [5, 5.41) is 8.98. The van der Waals surface area contributed by atoms with Gasteiger partial charge in [-0.25, -0.2) is 9.97 Å². The van der Waals surface area contributed by atoms with Crippen LogP contribution < -0.4 is 15.0 Å². The van der Waals surface area contributed by atoms with Gasteiger partial charge >= 0.3 is 0 Å². The number of amides is 1. The van der Waals surface area contributed by atoms with Crippen LogP contribution in [0.3, 0.4) is 0 Å². The van der Waals surface area contributed by atoms with Gasteiger partial charge in [-0.2, -0.15) is 5.10 Å². The minimum atomic E-state index is -0.263. The first-order chi connectivity index (χ1) is 18.3. The van der Waals surface area contributed by atoms with Crippen LogP contribution in [0.2, 0.25) is 0 Å². The van der Waals surface area contributed by atoms with E-state index in [9.17, 15) is 4.79 Å². The van der Waals surface area contributed by atoms with E-state index in [1.807, 2.05) is 38.4 Å². The molecule has 0 unspecified atom stereocenters. The van der Waals surface area contributed by atoms with Crippen molar-refractivity contribution in [2.45, 2.75) is 25.8 Å². The second-order valence-electron chi connectivity index (χ2n) is 10.0. The molecule has 0 spiro atoms. The van der Waals surface area contributed by atoms with Crippen molar-refractivity contribution in [1.82, 2.24) is 30.0 Å². The molecule has 4 aromatic rings. The Hall–Kier alpha value is -3.76. The molecule has 1 fully saturated rings. The number of nitrogens with zero attached hydrogens (tertiary/aromatic N) is 6. The Labute approximate surface area is 222 Å². The Morgan fingerprint density at radius 3 is 2.63 bits per heavy atom. The zero-order valence-corrected chi connectivity index (χ0v) is 22.9. The van der Waals surface area contributed by atoms with E-state index < -0.39 is 0 Å². The Kier molecular flexibility index (Phi) is 7.18. The minimum absolute atomic E-state index is 0.0654. The van der Waals surface area contributed by atoms with Crippen molar-refractivity contribution in [3.63, 3.8) is 0 Å². The lowest BCUT2D eigenvalue weighted by atomic mass is 10.0. The van der Waals surface area contributed by atoms with E-state index in [1.165, 1.54) is 0 Å². The molecular formula is C28H35N7O3. The van der Waals surface area contributed by atoms with Gasteiger partial charge in [0.15, 0.2) is 12.6 Å². The molecule has 0 aliphatic carbocycles. The van der Waals surface area contributed by atoms with Crippen molar-refractivity contribution < 1.29 is 14.3 Å². The minimum Gasteiger partial charge on any atom is -0.466 e. The molecule has 10 heteroatoms. The molecule has 0 atom stereocenters. The van der Waals surface area contributed by atoms with E-state index in [1.54, 1.807) is 18.8 Å². The van der Waals surface area contributed by atoms with Gasteiger partial charge < -0.3 is 24.6 Å². The summed E-state index contributed by atoms with van der Waals surface area (Å²) in [6.07, 6.45) is 4.14. The molecule has 38 heavy (non-hydrogen) atoms. The van der Waals surface area contributed by atoms with Gasteiger partial charge in [0.2, 0.25) is 0 Å². The van der Waals surface area contributed by atoms with Crippen LogP contribution in [0.4, 0.5) is 5.69 Å². The standard InChI is InChI=1S/C28H35N7O3/c1-17-24-18(15-34(5)32-24)13-22(26(17)38-16-37-6)27-30-23-8-7-20(14-21(23)25(31-27)28(36)29-2)35-11-9-19(10-12-35)33(3)4/h7-8,13-15,19H,9-12,16H2,1-6H3,(H,29,36). The fraction of sp³-hybridized carbons (Fsp3) is 0.429. The first-order valence-electron chi connectivity index (χ1n) is 12.8. The largest absolute Gasteiger partial charge is 0.466 e. The highest BCUT2D eigenvalue weighted by Gasteiger charge is 2.24. The van der Waals surface area contributed by atoms with E-state index in [-0.39, 0.29) is 12.7 Å². The molecule has 200 valence electrons. The molecule has 5 rings (SSSR count). The van der Waals surface area contributed by atoms with Gasteiger partial charge in [0, 0.05) is 68.6 Å². The van der Waals surface area contributed by atoms with Crippen molar-refractivity contribution in [3.05, 3.63) is 41.7 Å². The maximum absolute atomic E-state index is 13.1. The quantitative estimate of drug-likeness (QED) is 0.373. The first kappa shape index (κ1) is 25.9. The van der Waals surface area contributed by atoms with E-state index in [0.29, 0.717) is 34.4 Å². The highest BCUT2D eigenvalue weighted by atomic mass is 16.7. The summed E-state index contributed by atoms with van der Waals surface area (Å²) in [5.41, 5.74) is 4.48. The Morgan fingerprint density at radius 2 is 1.95 bits per heavy atom. The Balaban J connectivity index is 1.63. The average Bonchev–Trinajstić information content (AvgIpc) is 3.31. The number of aryl methyl sites for hydroxylation is 2. The summed E-state index contributed by atoms with van der Waals surface area (Å²) in [6, 6.07) is 8.65. The molecule has 3 heterocycles. The molecule has 1 aliphatic rings. The summed E-state index contributed by atoms with van der Waals surface area (Å²) in [4.78, 5) is 27.4. The van der Waals surface area contributed by atoms with Gasteiger partial charge in [-0.3, -0.25) is 9.48 Å². The maximum Gasteiger partial charge on any atom is 0.270 e. The van der Waals surface area contributed by atoms with Crippen LogP contribution in [0.5, 0.6) is 5.75 Å². The summed E-state index contributed by atoms with van der Waals surface area (Å²) in [5.74, 6) is 0.733. The third-order valence-electron chi connectivity index (χ3n) is 7.34. The number of fused-ring (bicyclic) bond motifs is 2. The van der Waals surface area contributed by atoms with E-state index in [2.05, 4.69) is 40.4 Å². The molecule has 1 N–H and O–H groups in total. The van der Waals surface area contributed by atoms with E-state index >= 15 is 0 Å². The number of carbonyl (C=O) groups is 1. The number of aromatic nitrogens is 4. The second kappa shape index (κ2) is 10.5. The average molecular weight is 518 g/mol. The third kappa shape index (κ3) is 4.77. The number of ether oxygens (including phenoxy) is 2. The fourth-order valence-corrected chi connectivity index (χ4v) is 5.27. The number of benzene rings is 2. The van der Waals surface area contributed by atoms with E-state index in [0.717, 1.165) is 53.5 Å². The lowest BCUT2D eigenvalue weighted by molar-refractivity contribution is 0.0511. The fourth-order valence-electron chi connectivity index (χ4n) is 5.27. The molecule has 2 aromatic heterocycles. The van der Waals surface area contributed by atoms with Crippen molar-refractivity contribution in [2.24, 2.45) is 7.05 Å². The van der Waals surface area contributed by atoms with Crippen LogP contribution in [-0.4, -0.2) is 84.7 Å². The molecule has 1 amide bonds. The van der Waals surface area contributed by atoms with Gasteiger partial charge in [0.25, 0.3) is 5.91 Å². The van der Waals surface area contributed by atoms with Crippen LogP contribution in [0, 0.1) is 6.92 Å². The molecule has 10 nitrogen and oxygen atoms in total. The van der Waals surface area contributed by atoms with Gasteiger partial charge in [-0.05, 0) is 58.1 Å². The van der Waals surface area contributed by atoms with Crippen LogP contribution in [0.1, 0.15) is 28.9 Å². The van der Waals surface area contributed by atoms with Gasteiger partial charge in [0.1, 0.15) is 11.4 Å². The molecule has 0 saturated carbocycles. The molecule has 1 aliphatic heterocycles. The van der Waals surface area contributed by atoms with Crippen molar-refractivity contribution in [1.29, 1.82) is 0 Å². The summed E-state index contributed by atoms with van der Waals surface area (Å²) in [6.45, 7) is 3.95. The lowest BCUT2D eigenvalue weighted by Crippen LogP contribution is -2.41. The molecule has 2 aromatic carbocycles. The van der Waals surface area contributed by atoms with Crippen molar-refractivity contribution >= 4 is 33.4 Å². The molecule has 1 saturated heterocycles. The summed E-state index contributed by atoms with van der Waals surface area (Å²) < 4.78 is 12.9. The highest BCUT2D eigenvalue weighted by molar-refractivity contribution is 6.06. The number of anilines is 1. The summed E-state index contributed by atoms with van der Waals surface area (Å²) >= 11 is 0. The topological polar surface area (TPSA) is 97.6 Å². The maximum atomic E-state index is 13.1. The number of nitrogens with one attached hydrogen (secondary N) is 1. The predicted octanol–water partition coefficient (Wildman–Crippen LogP) is 3.36. The molecule has 0 bridgehead atoms. The smallest absolute Gasteiger partial charge is 0.270 e. The normalized spacial score (nSPS) is 14.6. The van der Waals surface area contributed by atoms with Crippen LogP contribution in [-0.2, 0) is 11.8 Å². The number of carbonyl (C=O) groups excluding carboxylic acids is 1. The number of hydrogen-bond acceptors (Lipinski definition) is 8. The third-order valence-corrected chi connectivity index (χ3v) is 7.34. The highest BCUT2D eigenvalue weighted by Crippen LogP contribution is 2.38. The lowest BCUT2D eigenvalue weighted by Gasteiger charge is -2.36.